The maximum Gasteiger partial charge on any atom is 0.119 e. The Balaban J connectivity index is 1.61. The molecule has 1 saturated heterocycles. The number of methoxy groups -OCH3 is 1. The molecule has 0 aliphatic carbocycles. The molecular formula is C16H22N2O2. The summed E-state index contributed by atoms with van der Waals surface area (Å²) in [7, 11) is 1.77. The van der Waals surface area contributed by atoms with Crippen molar-refractivity contribution in [3.8, 4) is 11.8 Å². The molecule has 1 unspecified atom stereocenters. The van der Waals surface area contributed by atoms with E-state index in [0.29, 0.717) is 11.5 Å². The standard InChI is InChI=1S/C16H22N2O2/c1-19-13-15-7-9-18(12-15)8-2-10-20-16-5-3-14(11-17)4-6-16/h3-6,15H,2,7-10,12-13H2,1H3. The number of likely N-dealkylation sites (tertiary alicyclic amines) is 1. The minimum Gasteiger partial charge on any atom is -0.494 e. The molecule has 0 spiro atoms. The van der Waals surface area contributed by atoms with Crippen LogP contribution in [0.2, 0.25) is 0 Å². The van der Waals surface area contributed by atoms with Gasteiger partial charge in [0.1, 0.15) is 5.75 Å². The molecule has 0 amide bonds. The van der Waals surface area contributed by atoms with E-state index in [9.17, 15) is 0 Å². The van der Waals surface area contributed by atoms with Crippen LogP contribution in [0.4, 0.5) is 0 Å². The fourth-order valence-corrected chi connectivity index (χ4v) is 2.59. The van der Waals surface area contributed by atoms with Crippen molar-refractivity contribution < 1.29 is 9.47 Å². The lowest BCUT2D eigenvalue weighted by Gasteiger charge is -2.15. The molecule has 1 aliphatic heterocycles. The first-order valence-corrected chi connectivity index (χ1v) is 7.16. The minimum atomic E-state index is 0.665. The van der Waals surface area contributed by atoms with Gasteiger partial charge >= 0.3 is 0 Å². The second kappa shape index (κ2) is 7.88. The largest absolute Gasteiger partial charge is 0.494 e. The zero-order valence-electron chi connectivity index (χ0n) is 12.0. The molecule has 0 aromatic heterocycles. The Labute approximate surface area is 120 Å². The molecule has 1 aromatic rings. The summed E-state index contributed by atoms with van der Waals surface area (Å²) in [5.41, 5.74) is 0.665. The van der Waals surface area contributed by atoms with Gasteiger partial charge in [0, 0.05) is 20.2 Å². The van der Waals surface area contributed by atoms with Crippen molar-refractivity contribution in [2.24, 2.45) is 5.92 Å². The van der Waals surface area contributed by atoms with Crippen molar-refractivity contribution >= 4 is 0 Å². The van der Waals surface area contributed by atoms with Gasteiger partial charge in [-0.1, -0.05) is 0 Å². The van der Waals surface area contributed by atoms with Crippen molar-refractivity contribution in [2.45, 2.75) is 12.8 Å². The Kier molecular flexibility index (Phi) is 5.85. The van der Waals surface area contributed by atoms with Crippen LogP contribution >= 0.6 is 0 Å². The van der Waals surface area contributed by atoms with E-state index in [-0.39, 0.29) is 0 Å². The first-order chi connectivity index (χ1) is 9.81. The Bertz CT molecular complexity index is 439. The molecule has 0 N–H and O–H groups in total. The highest BCUT2D eigenvalue weighted by Crippen LogP contribution is 2.16. The number of hydrogen-bond acceptors (Lipinski definition) is 4. The van der Waals surface area contributed by atoms with Crippen molar-refractivity contribution in [1.29, 1.82) is 5.26 Å². The predicted molar refractivity (Wildman–Crippen MR) is 77.7 cm³/mol. The molecule has 4 nitrogen and oxygen atoms in total. The van der Waals surface area contributed by atoms with Gasteiger partial charge in [0.15, 0.2) is 0 Å². The summed E-state index contributed by atoms with van der Waals surface area (Å²) in [5.74, 6) is 1.53. The highest BCUT2D eigenvalue weighted by atomic mass is 16.5. The van der Waals surface area contributed by atoms with Crippen LogP contribution in [0, 0.1) is 17.2 Å². The maximum absolute atomic E-state index is 8.72. The summed E-state index contributed by atoms with van der Waals surface area (Å²) in [5, 5.41) is 8.72. The zero-order chi connectivity index (χ0) is 14.2. The summed E-state index contributed by atoms with van der Waals surface area (Å²) in [6.07, 6.45) is 2.27. The number of nitriles is 1. The van der Waals surface area contributed by atoms with E-state index in [1.807, 2.05) is 12.1 Å². The van der Waals surface area contributed by atoms with Crippen molar-refractivity contribution in [3.63, 3.8) is 0 Å². The normalized spacial score (nSPS) is 18.9. The molecule has 1 heterocycles. The van der Waals surface area contributed by atoms with E-state index in [1.165, 1.54) is 13.0 Å². The monoisotopic (exact) mass is 274 g/mol. The summed E-state index contributed by atoms with van der Waals surface area (Å²) >= 11 is 0. The van der Waals surface area contributed by atoms with Crippen molar-refractivity contribution in [2.75, 3.05) is 40.0 Å². The summed E-state index contributed by atoms with van der Waals surface area (Å²) in [6.45, 7) is 4.99. The Morgan fingerprint density at radius 3 is 2.85 bits per heavy atom. The molecule has 108 valence electrons. The quantitative estimate of drug-likeness (QED) is 0.716. The van der Waals surface area contributed by atoms with Crippen LogP contribution in [0.3, 0.4) is 0 Å². The summed E-state index contributed by atoms with van der Waals surface area (Å²) < 4.78 is 10.9. The van der Waals surface area contributed by atoms with Gasteiger partial charge in [-0.25, -0.2) is 0 Å². The number of hydrogen-bond donors (Lipinski definition) is 0. The third kappa shape index (κ3) is 4.52. The van der Waals surface area contributed by atoms with Gasteiger partial charge in [0.2, 0.25) is 0 Å². The van der Waals surface area contributed by atoms with Gasteiger partial charge in [-0.05, 0) is 49.6 Å². The third-order valence-corrected chi connectivity index (χ3v) is 3.64. The molecule has 0 bridgehead atoms. The van der Waals surface area contributed by atoms with E-state index in [0.717, 1.165) is 38.5 Å². The van der Waals surface area contributed by atoms with Gasteiger partial charge in [-0.15, -0.1) is 0 Å². The molecule has 20 heavy (non-hydrogen) atoms. The molecule has 0 radical (unpaired) electrons. The number of rotatable bonds is 7. The summed E-state index contributed by atoms with van der Waals surface area (Å²) in [6, 6.07) is 9.37. The third-order valence-electron chi connectivity index (χ3n) is 3.64. The molecule has 2 rings (SSSR count). The van der Waals surface area contributed by atoms with E-state index < -0.39 is 0 Å². The van der Waals surface area contributed by atoms with E-state index in [2.05, 4.69) is 11.0 Å². The minimum absolute atomic E-state index is 0.665. The number of ether oxygens (including phenoxy) is 2. The Hall–Kier alpha value is -1.57. The van der Waals surface area contributed by atoms with Gasteiger partial charge in [0.05, 0.1) is 24.8 Å². The number of benzene rings is 1. The highest BCUT2D eigenvalue weighted by Gasteiger charge is 2.21. The van der Waals surface area contributed by atoms with Crippen molar-refractivity contribution in [1.82, 2.24) is 4.90 Å². The average molecular weight is 274 g/mol. The van der Waals surface area contributed by atoms with Crippen LogP contribution in [-0.4, -0.2) is 44.9 Å². The smallest absolute Gasteiger partial charge is 0.119 e. The molecule has 0 saturated carbocycles. The van der Waals surface area contributed by atoms with Crippen LogP contribution in [0.5, 0.6) is 5.75 Å². The van der Waals surface area contributed by atoms with E-state index in [1.54, 1.807) is 19.2 Å². The molecule has 1 fully saturated rings. The van der Waals surface area contributed by atoms with Gasteiger partial charge in [0.25, 0.3) is 0 Å². The fourth-order valence-electron chi connectivity index (χ4n) is 2.59. The van der Waals surface area contributed by atoms with Crippen LogP contribution in [0.25, 0.3) is 0 Å². The highest BCUT2D eigenvalue weighted by molar-refractivity contribution is 5.34. The topological polar surface area (TPSA) is 45.5 Å². The lowest BCUT2D eigenvalue weighted by atomic mass is 10.1. The number of nitrogens with zero attached hydrogens (tertiary/aromatic N) is 2. The SMILES string of the molecule is COCC1CCN(CCCOc2ccc(C#N)cc2)C1. The second-order valence-corrected chi connectivity index (χ2v) is 5.25. The van der Waals surface area contributed by atoms with Crippen LogP contribution in [0.1, 0.15) is 18.4 Å². The van der Waals surface area contributed by atoms with Crippen LogP contribution in [0.15, 0.2) is 24.3 Å². The van der Waals surface area contributed by atoms with Crippen LogP contribution < -0.4 is 4.74 Å². The van der Waals surface area contributed by atoms with E-state index >= 15 is 0 Å². The van der Waals surface area contributed by atoms with Gasteiger partial charge in [-0.3, -0.25) is 0 Å². The molecule has 4 heteroatoms. The van der Waals surface area contributed by atoms with E-state index in [4.69, 9.17) is 14.7 Å². The first kappa shape index (κ1) is 14.8. The van der Waals surface area contributed by atoms with Crippen LogP contribution in [-0.2, 0) is 4.74 Å². The lowest BCUT2D eigenvalue weighted by molar-refractivity contribution is 0.152. The Morgan fingerprint density at radius 1 is 1.35 bits per heavy atom. The lowest BCUT2D eigenvalue weighted by Crippen LogP contribution is -2.24. The fraction of sp³-hybridized carbons (Fsp3) is 0.562. The molecule has 1 aromatic carbocycles. The first-order valence-electron chi connectivity index (χ1n) is 7.16. The van der Waals surface area contributed by atoms with Gasteiger partial charge < -0.3 is 14.4 Å². The van der Waals surface area contributed by atoms with Gasteiger partial charge in [-0.2, -0.15) is 5.26 Å². The molecular weight excluding hydrogens is 252 g/mol. The summed E-state index contributed by atoms with van der Waals surface area (Å²) in [4.78, 5) is 2.48. The zero-order valence-corrected chi connectivity index (χ0v) is 12.0. The predicted octanol–water partition coefficient (Wildman–Crippen LogP) is 2.30. The van der Waals surface area contributed by atoms with Crippen molar-refractivity contribution in [3.05, 3.63) is 29.8 Å². The second-order valence-electron chi connectivity index (χ2n) is 5.25. The molecule has 1 atom stereocenters. The average Bonchev–Trinajstić information content (AvgIpc) is 2.92. The molecule has 1 aliphatic rings. The Morgan fingerprint density at radius 2 is 2.15 bits per heavy atom. The maximum atomic E-state index is 8.72.